The van der Waals surface area contributed by atoms with Gasteiger partial charge >= 0.3 is 0 Å². The van der Waals surface area contributed by atoms with Gasteiger partial charge in [0, 0.05) is 6.54 Å². The number of rotatable bonds is 1. The van der Waals surface area contributed by atoms with Gasteiger partial charge in [0.1, 0.15) is 17.5 Å². The molecule has 5 nitrogen and oxygen atoms in total. The Morgan fingerprint density at radius 2 is 2.29 bits per heavy atom. The van der Waals surface area contributed by atoms with Gasteiger partial charge in [0.2, 0.25) is 5.91 Å². The quantitative estimate of drug-likeness (QED) is 0.700. The van der Waals surface area contributed by atoms with Gasteiger partial charge in [-0.15, -0.1) is 0 Å². The van der Waals surface area contributed by atoms with Crippen LogP contribution in [0.15, 0.2) is 0 Å². The van der Waals surface area contributed by atoms with Crippen molar-refractivity contribution in [2.24, 2.45) is 0 Å². The fraction of sp³-hybridized carbons (Fsp3) is 0.556. The minimum absolute atomic E-state index is 0.00347. The molecule has 0 fully saturated rings. The maximum Gasteiger partial charge on any atom is 0.246 e. The van der Waals surface area contributed by atoms with Gasteiger partial charge in [-0.05, 0) is 20.8 Å². The predicted octanol–water partition coefficient (Wildman–Crippen LogP) is 0.964. The summed E-state index contributed by atoms with van der Waals surface area (Å²) in [6.45, 7) is 6.55. The largest absolute Gasteiger partial charge is 0.357 e. The van der Waals surface area contributed by atoms with E-state index in [0.717, 1.165) is 23.7 Å². The predicted molar refractivity (Wildman–Crippen MR) is 54.4 cm³/mol. The third-order valence-corrected chi connectivity index (χ3v) is 2.42. The van der Waals surface area contributed by atoms with Crippen LogP contribution in [0.25, 0.3) is 0 Å². The van der Waals surface area contributed by atoms with E-state index in [1.54, 1.807) is 0 Å². The van der Waals surface area contributed by atoms with Crippen LogP contribution in [0.4, 0.5) is 11.5 Å². The lowest BCUT2D eigenvalue weighted by Crippen LogP contribution is -2.37. The lowest BCUT2D eigenvalue weighted by molar-refractivity contribution is -0.116. The molecule has 1 aromatic heterocycles. The molecule has 76 valence electrons. The first-order valence-corrected chi connectivity index (χ1v) is 4.78. The van der Waals surface area contributed by atoms with Gasteiger partial charge < -0.3 is 10.6 Å². The Hall–Kier alpha value is -1.52. The first-order valence-electron chi connectivity index (χ1n) is 4.78. The lowest BCUT2D eigenvalue weighted by atomic mass is 10.2. The number of hydrogen-bond donors (Lipinski definition) is 2. The molecule has 0 aliphatic carbocycles. The molecule has 1 aliphatic rings. The molecule has 5 heteroatoms. The Balaban J connectivity index is 2.48. The molecule has 1 aliphatic heterocycles. The van der Waals surface area contributed by atoms with E-state index >= 15 is 0 Å². The lowest BCUT2D eigenvalue weighted by Gasteiger charge is -2.22. The van der Waals surface area contributed by atoms with Gasteiger partial charge in [-0.1, -0.05) is 0 Å². The number of hydrogen-bond acceptors (Lipinski definition) is 3. The molecule has 0 saturated carbocycles. The van der Waals surface area contributed by atoms with Crippen molar-refractivity contribution >= 4 is 17.4 Å². The Kier molecular flexibility index (Phi) is 1.94. The Morgan fingerprint density at radius 3 is 2.93 bits per heavy atom. The monoisotopic (exact) mass is 194 g/mol. The average molecular weight is 194 g/mol. The van der Waals surface area contributed by atoms with E-state index < -0.39 is 0 Å². The van der Waals surface area contributed by atoms with Gasteiger partial charge in [0.05, 0.1) is 5.69 Å². The van der Waals surface area contributed by atoms with E-state index in [1.807, 2.05) is 25.5 Å². The van der Waals surface area contributed by atoms with Gasteiger partial charge in [-0.25, -0.2) is 4.68 Å². The third-order valence-electron chi connectivity index (χ3n) is 2.42. The Morgan fingerprint density at radius 1 is 1.57 bits per heavy atom. The van der Waals surface area contributed by atoms with Crippen LogP contribution in [0.1, 0.15) is 19.5 Å². The zero-order valence-corrected chi connectivity index (χ0v) is 8.59. The highest BCUT2D eigenvalue weighted by molar-refractivity contribution is 6.02. The summed E-state index contributed by atoms with van der Waals surface area (Å²) in [4.78, 5) is 11.4. The molecule has 0 bridgehead atoms. The highest BCUT2D eigenvalue weighted by Crippen LogP contribution is 2.29. The molecule has 2 heterocycles. The maximum absolute atomic E-state index is 11.4. The normalized spacial score (nSPS) is 19.9. The van der Waals surface area contributed by atoms with Crippen LogP contribution in [0.3, 0.4) is 0 Å². The minimum atomic E-state index is -0.191. The molecule has 1 atom stereocenters. The highest BCUT2D eigenvalue weighted by Gasteiger charge is 2.26. The average Bonchev–Trinajstić information content (AvgIpc) is 2.45. The van der Waals surface area contributed by atoms with Crippen LogP contribution in [-0.4, -0.2) is 21.7 Å². The Bertz CT molecular complexity index is 382. The molecule has 14 heavy (non-hydrogen) atoms. The maximum atomic E-state index is 11.4. The molecule has 0 spiro atoms. The summed E-state index contributed by atoms with van der Waals surface area (Å²) >= 11 is 0. The van der Waals surface area contributed by atoms with E-state index in [0.29, 0.717) is 0 Å². The number of carbonyl (C=O) groups excluding carboxylic acids is 1. The van der Waals surface area contributed by atoms with E-state index in [-0.39, 0.29) is 11.9 Å². The standard InChI is InChI=1S/C9H14N4O/c1-4-13-8-7(5(2)12-13)11-9(14)6(3)10-8/h6,10H,4H2,1-3H3,(H,11,14). The number of fused-ring (bicyclic) bond motifs is 1. The summed E-state index contributed by atoms with van der Waals surface area (Å²) in [7, 11) is 0. The van der Waals surface area contributed by atoms with Gasteiger partial charge in [-0.2, -0.15) is 5.10 Å². The van der Waals surface area contributed by atoms with E-state index in [9.17, 15) is 4.79 Å². The van der Waals surface area contributed by atoms with Crippen LogP contribution < -0.4 is 10.6 Å². The molecule has 1 unspecified atom stereocenters. The second-order valence-electron chi connectivity index (χ2n) is 3.48. The van der Waals surface area contributed by atoms with Gasteiger partial charge in [0.25, 0.3) is 0 Å². The SMILES string of the molecule is CCn1nc(C)c2c1NC(C)C(=O)N2. The van der Waals surface area contributed by atoms with Crippen molar-refractivity contribution < 1.29 is 4.79 Å². The van der Waals surface area contributed by atoms with Crippen molar-refractivity contribution in [3.63, 3.8) is 0 Å². The van der Waals surface area contributed by atoms with E-state index in [2.05, 4.69) is 15.7 Å². The molecule has 2 N–H and O–H groups in total. The molecule has 0 aromatic carbocycles. The second kappa shape index (κ2) is 3.01. The highest BCUT2D eigenvalue weighted by atomic mass is 16.2. The summed E-state index contributed by atoms with van der Waals surface area (Å²) < 4.78 is 1.86. The summed E-state index contributed by atoms with van der Waals surface area (Å²) in [5, 5.41) is 10.3. The molecule has 0 radical (unpaired) electrons. The molecule has 0 saturated heterocycles. The zero-order chi connectivity index (χ0) is 10.3. The number of amides is 1. The molecular formula is C9H14N4O. The second-order valence-corrected chi connectivity index (χ2v) is 3.48. The number of nitrogens with zero attached hydrogens (tertiary/aromatic N) is 2. The minimum Gasteiger partial charge on any atom is -0.357 e. The van der Waals surface area contributed by atoms with Crippen LogP contribution in [-0.2, 0) is 11.3 Å². The third kappa shape index (κ3) is 1.16. The van der Waals surface area contributed by atoms with Crippen molar-refractivity contribution in [2.45, 2.75) is 33.4 Å². The fourth-order valence-electron chi connectivity index (χ4n) is 1.61. The topological polar surface area (TPSA) is 59.0 Å². The zero-order valence-electron chi connectivity index (χ0n) is 8.59. The number of nitrogens with one attached hydrogen (secondary N) is 2. The van der Waals surface area contributed by atoms with Crippen LogP contribution in [0, 0.1) is 6.92 Å². The fourth-order valence-corrected chi connectivity index (χ4v) is 1.61. The number of aryl methyl sites for hydroxylation is 2. The molecule has 1 amide bonds. The Labute approximate surface area is 82.5 Å². The number of aromatic nitrogens is 2. The van der Waals surface area contributed by atoms with Crippen LogP contribution >= 0.6 is 0 Å². The summed E-state index contributed by atoms with van der Waals surface area (Å²) in [5.41, 5.74) is 1.67. The molecule has 2 rings (SSSR count). The smallest absolute Gasteiger partial charge is 0.246 e. The summed E-state index contributed by atoms with van der Waals surface area (Å²) in [6, 6.07) is -0.191. The first kappa shape index (κ1) is 9.05. The van der Waals surface area contributed by atoms with Crippen LogP contribution in [0.2, 0.25) is 0 Å². The van der Waals surface area contributed by atoms with Crippen LogP contribution in [0.5, 0.6) is 0 Å². The summed E-state index contributed by atoms with van der Waals surface area (Å²) in [6.07, 6.45) is 0. The first-order chi connectivity index (χ1) is 6.63. The van der Waals surface area contributed by atoms with Gasteiger partial charge in [0.15, 0.2) is 0 Å². The van der Waals surface area contributed by atoms with Crippen molar-refractivity contribution in [2.75, 3.05) is 10.6 Å². The molecular weight excluding hydrogens is 180 g/mol. The van der Waals surface area contributed by atoms with Crippen molar-refractivity contribution in [3.8, 4) is 0 Å². The van der Waals surface area contributed by atoms with Crippen molar-refractivity contribution in [1.29, 1.82) is 0 Å². The van der Waals surface area contributed by atoms with E-state index in [4.69, 9.17) is 0 Å². The van der Waals surface area contributed by atoms with Crippen molar-refractivity contribution in [3.05, 3.63) is 5.69 Å². The van der Waals surface area contributed by atoms with E-state index in [1.165, 1.54) is 0 Å². The molecule has 1 aromatic rings. The van der Waals surface area contributed by atoms with Gasteiger partial charge in [-0.3, -0.25) is 4.79 Å². The van der Waals surface area contributed by atoms with Crippen molar-refractivity contribution in [1.82, 2.24) is 9.78 Å². The summed E-state index contributed by atoms with van der Waals surface area (Å²) in [5.74, 6) is 0.911. The number of anilines is 2. The number of carbonyl (C=O) groups is 1.